The molecule has 1 fully saturated rings. The average Bonchev–Trinajstić information content (AvgIpc) is 3.39. The number of thioether (sulfide) groups is 1. The van der Waals surface area contributed by atoms with Gasteiger partial charge in [0.25, 0.3) is 5.91 Å². The summed E-state index contributed by atoms with van der Waals surface area (Å²) in [7, 11) is 0. The minimum absolute atomic E-state index is 0.0842. The van der Waals surface area contributed by atoms with Crippen LogP contribution in [0, 0.1) is 5.92 Å². The van der Waals surface area contributed by atoms with Gasteiger partial charge in [-0.05, 0) is 24.5 Å². The Morgan fingerprint density at radius 3 is 2.93 bits per heavy atom. The molecule has 1 unspecified atom stereocenters. The number of nitrogens with one attached hydrogen (secondary N) is 1. The van der Waals surface area contributed by atoms with Gasteiger partial charge < -0.3 is 14.3 Å². The Labute approximate surface area is 173 Å². The van der Waals surface area contributed by atoms with Gasteiger partial charge in [-0.2, -0.15) is 0 Å². The second kappa shape index (κ2) is 9.20. The first-order valence-corrected chi connectivity index (χ1v) is 10.2. The molecule has 148 valence electrons. The number of hydrogen-bond acceptors (Lipinski definition) is 6. The zero-order valence-corrected chi connectivity index (χ0v) is 17.3. The van der Waals surface area contributed by atoms with Crippen LogP contribution in [-0.2, 0) is 16.1 Å². The molecule has 0 saturated carbocycles. The number of aryl methyl sites for hydroxylation is 1. The van der Waals surface area contributed by atoms with Gasteiger partial charge in [-0.25, -0.2) is 4.98 Å². The van der Waals surface area contributed by atoms with Crippen molar-refractivity contribution < 1.29 is 14.0 Å². The van der Waals surface area contributed by atoms with E-state index in [0.717, 1.165) is 13.0 Å². The van der Waals surface area contributed by atoms with Crippen molar-refractivity contribution in [3.05, 3.63) is 47.8 Å². The molecular formula is C19H22N4O3S2. The molecule has 1 aliphatic rings. The summed E-state index contributed by atoms with van der Waals surface area (Å²) in [5.74, 6) is 0.0273. The summed E-state index contributed by atoms with van der Waals surface area (Å²) in [6.45, 7) is 5.09. The van der Waals surface area contributed by atoms with Crippen LogP contribution < -0.4 is 5.32 Å². The quantitative estimate of drug-likeness (QED) is 0.403. The van der Waals surface area contributed by atoms with E-state index < -0.39 is 6.04 Å². The fourth-order valence-corrected chi connectivity index (χ4v) is 4.25. The fraction of sp³-hybridized carbons (Fsp3) is 0.368. The maximum atomic E-state index is 12.9. The summed E-state index contributed by atoms with van der Waals surface area (Å²) in [5.41, 5.74) is 0. The Morgan fingerprint density at radius 1 is 1.46 bits per heavy atom. The van der Waals surface area contributed by atoms with E-state index in [2.05, 4.69) is 10.3 Å². The molecule has 0 radical (unpaired) electrons. The van der Waals surface area contributed by atoms with Crippen LogP contribution in [0.3, 0.4) is 0 Å². The van der Waals surface area contributed by atoms with E-state index in [-0.39, 0.29) is 17.7 Å². The predicted octanol–water partition coefficient (Wildman–Crippen LogP) is 2.91. The molecule has 0 spiro atoms. The van der Waals surface area contributed by atoms with Crippen LogP contribution in [0.15, 0.2) is 46.4 Å². The minimum atomic E-state index is -0.650. The number of aromatic nitrogens is 2. The maximum absolute atomic E-state index is 12.9. The summed E-state index contributed by atoms with van der Waals surface area (Å²) in [6.07, 6.45) is 9.30. The zero-order valence-electron chi connectivity index (χ0n) is 15.7. The lowest BCUT2D eigenvalue weighted by molar-refractivity contribution is -0.134. The second-order valence-corrected chi connectivity index (χ2v) is 8.38. The van der Waals surface area contributed by atoms with Crippen molar-refractivity contribution in [3.8, 4) is 0 Å². The van der Waals surface area contributed by atoms with Gasteiger partial charge in [0.05, 0.1) is 17.5 Å². The van der Waals surface area contributed by atoms with E-state index in [9.17, 15) is 9.59 Å². The molecule has 0 bridgehead atoms. The third-order valence-electron chi connectivity index (χ3n) is 4.27. The molecular weight excluding hydrogens is 396 g/mol. The topological polar surface area (TPSA) is 80.4 Å². The smallest absolute Gasteiger partial charge is 0.267 e. The largest absolute Gasteiger partial charge is 0.465 e. The minimum Gasteiger partial charge on any atom is -0.465 e. The second-order valence-electron chi connectivity index (χ2n) is 6.70. The molecule has 2 aromatic rings. The molecule has 7 nitrogen and oxygen atoms in total. The van der Waals surface area contributed by atoms with Gasteiger partial charge in [0.1, 0.15) is 16.1 Å². The van der Waals surface area contributed by atoms with Crippen molar-refractivity contribution in [2.45, 2.75) is 32.9 Å². The van der Waals surface area contributed by atoms with Crippen LogP contribution >= 0.6 is 24.0 Å². The normalized spacial score (nSPS) is 17.0. The Morgan fingerprint density at radius 2 is 2.29 bits per heavy atom. The number of carbonyl (C=O) groups excluding carboxylic acids is 2. The number of hydrogen-bond donors (Lipinski definition) is 1. The lowest BCUT2D eigenvalue weighted by atomic mass is 10.0. The van der Waals surface area contributed by atoms with Crippen molar-refractivity contribution >= 4 is 46.2 Å². The van der Waals surface area contributed by atoms with E-state index >= 15 is 0 Å². The number of furan rings is 1. The van der Waals surface area contributed by atoms with Gasteiger partial charge in [-0.3, -0.25) is 14.5 Å². The SMILES string of the molecule is CC(C)C(C(=O)NCCCn1ccnc1)N1C(=O)/C(=C\c2ccco2)SC1=S. The molecule has 0 aromatic carbocycles. The summed E-state index contributed by atoms with van der Waals surface area (Å²) >= 11 is 6.59. The van der Waals surface area contributed by atoms with Gasteiger partial charge in [-0.1, -0.05) is 37.8 Å². The number of carbonyl (C=O) groups is 2. The molecule has 28 heavy (non-hydrogen) atoms. The molecule has 1 atom stereocenters. The Hall–Kier alpha value is -2.39. The predicted molar refractivity (Wildman–Crippen MR) is 112 cm³/mol. The summed E-state index contributed by atoms with van der Waals surface area (Å²) in [4.78, 5) is 31.6. The fourth-order valence-electron chi connectivity index (χ4n) is 2.94. The van der Waals surface area contributed by atoms with Crippen LogP contribution in [0.2, 0.25) is 0 Å². The monoisotopic (exact) mass is 418 g/mol. The molecule has 9 heteroatoms. The first kappa shape index (κ1) is 20.3. The van der Waals surface area contributed by atoms with Crippen LogP contribution in [-0.4, -0.2) is 43.2 Å². The lowest BCUT2D eigenvalue weighted by Crippen LogP contribution is -2.51. The molecule has 1 saturated heterocycles. The third-order valence-corrected chi connectivity index (χ3v) is 5.60. The van der Waals surface area contributed by atoms with Crippen molar-refractivity contribution in [1.29, 1.82) is 0 Å². The Kier molecular flexibility index (Phi) is 6.69. The highest BCUT2D eigenvalue weighted by molar-refractivity contribution is 8.26. The molecule has 1 N–H and O–H groups in total. The van der Waals surface area contributed by atoms with Crippen molar-refractivity contribution in [1.82, 2.24) is 19.8 Å². The summed E-state index contributed by atoms with van der Waals surface area (Å²) in [6, 6.07) is 2.86. The van der Waals surface area contributed by atoms with Crippen LogP contribution in [0.25, 0.3) is 6.08 Å². The molecule has 2 aromatic heterocycles. The lowest BCUT2D eigenvalue weighted by Gasteiger charge is -2.29. The Bertz CT molecular complexity index is 860. The number of imidazole rings is 1. The van der Waals surface area contributed by atoms with Gasteiger partial charge in [-0.15, -0.1) is 0 Å². The molecule has 3 heterocycles. The third kappa shape index (κ3) is 4.71. The van der Waals surface area contributed by atoms with E-state index in [1.807, 2.05) is 24.6 Å². The Balaban J connectivity index is 1.64. The maximum Gasteiger partial charge on any atom is 0.267 e. The first-order chi connectivity index (χ1) is 13.5. The summed E-state index contributed by atoms with van der Waals surface area (Å²) in [5, 5.41) is 2.93. The first-order valence-electron chi connectivity index (χ1n) is 9.01. The van der Waals surface area contributed by atoms with Crippen molar-refractivity contribution in [2.75, 3.05) is 6.54 Å². The molecule has 3 rings (SSSR count). The average molecular weight is 419 g/mol. The standard InChI is InChI=1S/C19H22N4O3S2/c1-13(2)16(17(24)21-6-4-8-22-9-7-20-12-22)23-18(25)15(28-19(23)27)11-14-5-3-10-26-14/h3,5,7,9-13,16H,4,6,8H2,1-2H3,(H,21,24)/b15-11+. The molecule has 2 amide bonds. The highest BCUT2D eigenvalue weighted by atomic mass is 32.2. The van der Waals surface area contributed by atoms with Gasteiger partial charge in [0.15, 0.2) is 0 Å². The molecule has 1 aliphatic heterocycles. The van der Waals surface area contributed by atoms with Gasteiger partial charge in [0.2, 0.25) is 5.91 Å². The highest BCUT2D eigenvalue weighted by Crippen LogP contribution is 2.35. The summed E-state index contributed by atoms with van der Waals surface area (Å²) < 4.78 is 7.61. The number of amides is 2. The van der Waals surface area contributed by atoms with E-state index in [1.165, 1.54) is 16.7 Å². The van der Waals surface area contributed by atoms with Gasteiger partial charge in [0, 0.05) is 31.6 Å². The number of nitrogens with zero attached hydrogens (tertiary/aromatic N) is 3. The van der Waals surface area contributed by atoms with E-state index in [4.69, 9.17) is 16.6 Å². The zero-order chi connectivity index (χ0) is 20.1. The van der Waals surface area contributed by atoms with Crippen LogP contribution in [0.1, 0.15) is 26.0 Å². The number of rotatable bonds is 8. The van der Waals surface area contributed by atoms with Crippen molar-refractivity contribution in [3.63, 3.8) is 0 Å². The highest BCUT2D eigenvalue weighted by Gasteiger charge is 2.41. The van der Waals surface area contributed by atoms with Crippen LogP contribution in [0.5, 0.6) is 0 Å². The van der Waals surface area contributed by atoms with Gasteiger partial charge >= 0.3 is 0 Å². The van der Waals surface area contributed by atoms with Crippen LogP contribution in [0.4, 0.5) is 0 Å². The van der Waals surface area contributed by atoms with Crippen molar-refractivity contribution in [2.24, 2.45) is 5.92 Å². The van der Waals surface area contributed by atoms with E-state index in [1.54, 1.807) is 37.0 Å². The number of thiocarbonyl (C=S) groups is 1. The van der Waals surface area contributed by atoms with E-state index in [0.29, 0.717) is 21.5 Å². The molecule has 0 aliphatic carbocycles.